The number of benzene rings is 2. The van der Waals surface area contributed by atoms with Gasteiger partial charge in [0.1, 0.15) is 0 Å². The first-order chi connectivity index (χ1) is 13.2. The van der Waals surface area contributed by atoms with Crippen LogP contribution in [0.15, 0.2) is 66.1 Å². The van der Waals surface area contributed by atoms with Gasteiger partial charge in [-0.1, -0.05) is 29.8 Å². The van der Waals surface area contributed by atoms with Gasteiger partial charge < -0.3 is 10.1 Å². The van der Waals surface area contributed by atoms with Gasteiger partial charge >= 0.3 is 5.97 Å². The van der Waals surface area contributed by atoms with Crippen LogP contribution in [0.3, 0.4) is 0 Å². The van der Waals surface area contributed by atoms with Crippen LogP contribution in [0.4, 0.5) is 5.69 Å². The van der Waals surface area contributed by atoms with Crippen LogP contribution in [0.2, 0.25) is 0 Å². The van der Waals surface area contributed by atoms with E-state index in [2.05, 4.69) is 16.6 Å². The first kappa shape index (κ1) is 21.3. The number of carbonyl (C=O) groups is 2. The number of carbonyl (C=O) groups excluding carboxylic acids is 2. The number of hydrogen-bond donors (Lipinski definition) is 2. The Morgan fingerprint density at radius 1 is 1.18 bits per heavy atom. The lowest BCUT2D eigenvalue weighted by Gasteiger charge is -2.14. The molecule has 148 valence electrons. The van der Waals surface area contributed by atoms with E-state index in [4.69, 9.17) is 4.74 Å². The highest BCUT2D eigenvalue weighted by molar-refractivity contribution is 7.89. The molecule has 0 fully saturated rings. The number of sulfonamides is 1. The third kappa shape index (κ3) is 5.77. The molecule has 2 aromatic carbocycles. The smallest absolute Gasteiger partial charge is 0.338 e. The Balaban J connectivity index is 2.05. The summed E-state index contributed by atoms with van der Waals surface area (Å²) in [5.41, 5.74) is 1.66. The topological polar surface area (TPSA) is 102 Å². The Morgan fingerprint density at radius 3 is 2.50 bits per heavy atom. The van der Waals surface area contributed by atoms with Crippen molar-refractivity contribution in [1.29, 1.82) is 0 Å². The van der Waals surface area contributed by atoms with Gasteiger partial charge in [-0.25, -0.2) is 17.9 Å². The van der Waals surface area contributed by atoms with Crippen molar-refractivity contribution in [2.75, 3.05) is 11.9 Å². The van der Waals surface area contributed by atoms with Gasteiger partial charge in [0, 0.05) is 12.2 Å². The van der Waals surface area contributed by atoms with Crippen molar-refractivity contribution in [3.05, 3.63) is 72.3 Å². The van der Waals surface area contributed by atoms with E-state index in [0.29, 0.717) is 5.69 Å². The van der Waals surface area contributed by atoms with E-state index in [0.717, 1.165) is 5.56 Å². The number of ether oxygens (including phenoxy) is 1. The maximum absolute atomic E-state index is 12.3. The van der Waals surface area contributed by atoms with Gasteiger partial charge in [0.25, 0.3) is 5.91 Å². The number of rotatable bonds is 8. The van der Waals surface area contributed by atoms with E-state index < -0.39 is 28.0 Å². The zero-order chi connectivity index (χ0) is 20.7. The van der Waals surface area contributed by atoms with E-state index in [1.807, 2.05) is 19.1 Å². The molecule has 7 nitrogen and oxygen atoms in total. The van der Waals surface area contributed by atoms with Crippen molar-refractivity contribution >= 4 is 27.6 Å². The lowest BCUT2D eigenvalue weighted by Crippen LogP contribution is -2.30. The highest BCUT2D eigenvalue weighted by Gasteiger charge is 2.21. The van der Waals surface area contributed by atoms with Crippen LogP contribution in [-0.4, -0.2) is 32.9 Å². The van der Waals surface area contributed by atoms with Crippen LogP contribution < -0.4 is 10.0 Å². The Hall–Kier alpha value is -2.97. The molecule has 8 heteroatoms. The van der Waals surface area contributed by atoms with Gasteiger partial charge in [-0.3, -0.25) is 4.79 Å². The average molecular weight is 402 g/mol. The summed E-state index contributed by atoms with van der Waals surface area (Å²) in [6, 6.07) is 12.6. The highest BCUT2D eigenvalue weighted by Crippen LogP contribution is 2.14. The SMILES string of the molecule is C=CCNS(=O)(=O)c1cccc(C(=O)O[C@H](C)C(=O)Nc2ccc(C)cc2)c1. The first-order valence-electron chi connectivity index (χ1n) is 8.52. The Kier molecular flexibility index (Phi) is 7.08. The summed E-state index contributed by atoms with van der Waals surface area (Å²) in [7, 11) is -3.78. The minimum absolute atomic E-state index is 0.0245. The zero-order valence-electron chi connectivity index (χ0n) is 15.6. The molecule has 0 aliphatic rings. The molecule has 0 radical (unpaired) electrons. The molecule has 0 unspecified atom stereocenters. The lowest BCUT2D eigenvalue weighted by atomic mass is 10.2. The molecule has 1 amide bonds. The van der Waals surface area contributed by atoms with Crippen molar-refractivity contribution in [3.8, 4) is 0 Å². The molecule has 28 heavy (non-hydrogen) atoms. The van der Waals surface area contributed by atoms with Crippen LogP contribution in [0.5, 0.6) is 0 Å². The van der Waals surface area contributed by atoms with E-state index in [1.165, 1.54) is 37.3 Å². The highest BCUT2D eigenvalue weighted by atomic mass is 32.2. The molecule has 0 saturated carbocycles. The van der Waals surface area contributed by atoms with E-state index in [1.54, 1.807) is 12.1 Å². The first-order valence-corrected chi connectivity index (χ1v) is 10.0. The fraction of sp³-hybridized carbons (Fsp3) is 0.200. The number of nitrogens with one attached hydrogen (secondary N) is 2. The van der Waals surface area contributed by atoms with Crippen LogP contribution in [-0.2, 0) is 19.6 Å². The second-order valence-corrected chi connectivity index (χ2v) is 7.84. The number of anilines is 1. The number of esters is 1. The van der Waals surface area contributed by atoms with Crippen LogP contribution in [0.1, 0.15) is 22.8 Å². The summed E-state index contributed by atoms with van der Waals surface area (Å²) in [5, 5.41) is 2.65. The van der Waals surface area contributed by atoms with Crippen molar-refractivity contribution in [3.63, 3.8) is 0 Å². The normalized spacial score (nSPS) is 12.1. The third-order valence-corrected chi connectivity index (χ3v) is 5.19. The fourth-order valence-electron chi connectivity index (χ4n) is 2.21. The number of hydrogen-bond acceptors (Lipinski definition) is 5. The monoisotopic (exact) mass is 402 g/mol. The van der Waals surface area contributed by atoms with Gasteiger partial charge in [0.15, 0.2) is 6.10 Å². The summed E-state index contributed by atoms with van der Waals surface area (Å²) < 4.78 is 31.8. The minimum atomic E-state index is -3.78. The van der Waals surface area contributed by atoms with Gasteiger partial charge in [-0.2, -0.15) is 0 Å². The van der Waals surface area contributed by atoms with Crippen LogP contribution in [0, 0.1) is 6.92 Å². The fourth-order valence-corrected chi connectivity index (χ4v) is 3.25. The number of aryl methyl sites for hydroxylation is 1. The Labute approximate surface area is 164 Å². The van der Waals surface area contributed by atoms with Crippen molar-refractivity contribution < 1.29 is 22.7 Å². The summed E-state index contributed by atoms with van der Waals surface area (Å²) >= 11 is 0. The quantitative estimate of drug-likeness (QED) is 0.522. The summed E-state index contributed by atoms with van der Waals surface area (Å²) in [5.74, 6) is -1.29. The van der Waals surface area contributed by atoms with Gasteiger partial charge in [0.05, 0.1) is 10.5 Å². The number of amides is 1. The van der Waals surface area contributed by atoms with Crippen LogP contribution in [0.25, 0.3) is 0 Å². The summed E-state index contributed by atoms with van der Waals surface area (Å²) in [6.45, 7) is 6.88. The molecular weight excluding hydrogens is 380 g/mol. The zero-order valence-corrected chi connectivity index (χ0v) is 16.5. The molecule has 0 saturated heterocycles. The summed E-state index contributed by atoms with van der Waals surface area (Å²) in [6.07, 6.45) is 0.345. The molecule has 1 atom stereocenters. The largest absolute Gasteiger partial charge is 0.449 e. The van der Waals surface area contributed by atoms with Crippen LogP contribution >= 0.6 is 0 Å². The lowest BCUT2D eigenvalue weighted by molar-refractivity contribution is -0.123. The average Bonchev–Trinajstić information content (AvgIpc) is 2.68. The van der Waals surface area contributed by atoms with E-state index in [-0.39, 0.29) is 17.0 Å². The molecule has 2 N–H and O–H groups in total. The van der Waals surface area contributed by atoms with Crippen molar-refractivity contribution in [1.82, 2.24) is 4.72 Å². The second kappa shape index (κ2) is 9.29. The van der Waals surface area contributed by atoms with Gasteiger partial charge in [-0.15, -0.1) is 6.58 Å². The predicted molar refractivity (Wildman–Crippen MR) is 107 cm³/mol. The van der Waals surface area contributed by atoms with Crippen molar-refractivity contribution in [2.45, 2.75) is 24.8 Å². The molecule has 0 aliphatic heterocycles. The van der Waals surface area contributed by atoms with Gasteiger partial charge in [0.2, 0.25) is 10.0 Å². The third-order valence-electron chi connectivity index (χ3n) is 3.77. The molecule has 0 aliphatic carbocycles. The van der Waals surface area contributed by atoms with Gasteiger partial charge in [-0.05, 0) is 44.2 Å². The molecule has 0 spiro atoms. The maximum atomic E-state index is 12.3. The standard InChI is InChI=1S/C20H22N2O5S/c1-4-12-21-28(25,26)18-7-5-6-16(13-18)20(24)27-15(3)19(23)22-17-10-8-14(2)9-11-17/h4-11,13,15,21H,1,12H2,2-3H3,(H,22,23)/t15-/m1/s1. The molecule has 2 aromatic rings. The molecular formula is C20H22N2O5S. The Bertz CT molecular complexity index is 968. The Morgan fingerprint density at radius 2 is 1.86 bits per heavy atom. The molecule has 2 rings (SSSR count). The molecule has 0 heterocycles. The molecule has 0 aromatic heterocycles. The van der Waals surface area contributed by atoms with E-state index >= 15 is 0 Å². The maximum Gasteiger partial charge on any atom is 0.338 e. The van der Waals surface area contributed by atoms with E-state index in [9.17, 15) is 18.0 Å². The minimum Gasteiger partial charge on any atom is -0.449 e. The summed E-state index contributed by atoms with van der Waals surface area (Å²) in [4.78, 5) is 24.4. The predicted octanol–water partition coefficient (Wildman–Crippen LogP) is 2.64. The molecule has 0 bridgehead atoms. The van der Waals surface area contributed by atoms with Crippen molar-refractivity contribution in [2.24, 2.45) is 0 Å². The second-order valence-electron chi connectivity index (χ2n) is 6.07.